The van der Waals surface area contributed by atoms with Gasteiger partial charge in [-0.05, 0) is 43.7 Å². The maximum absolute atomic E-state index is 12.1. The van der Waals surface area contributed by atoms with E-state index in [1.807, 2.05) is 11.8 Å². The van der Waals surface area contributed by atoms with Crippen LogP contribution in [0.25, 0.3) is 0 Å². The Hall–Kier alpha value is -0.870. The zero-order valence-corrected chi connectivity index (χ0v) is 11.3. The van der Waals surface area contributed by atoms with Gasteiger partial charge in [0, 0.05) is 23.9 Å². The average molecular weight is 252 g/mol. The summed E-state index contributed by atoms with van der Waals surface area (Å²) in [5.74, 6) is 0.242. The number of hydrogen-bond acceptors (Lipinski definition) is 3. The third kappa shape index (κ3) is 2.69. The van der Waals surface area contributed by atoms with Crippen molar-refractivity contribution in [1.82, 2.24) is 4.90 Å². The topological polar surface area (TPSA) is 46.3 Å². The van der Waals surface area contributed by atoms with Crippen LogP contribution in [0.5, 0.6) is 0 Å². The van der Waals surface area contributed by atoms with E-state index < -0.39 is 0 Å². The van der Waals surface area contributed by atoms with Gasteiger partial charge in [0.1, 0.15) is 0 Å². The van der Waals surface area contributed by atoms with E-state index in [1.165, 1.54) is 10.4 Å². The second-order valence-electron chi connectivity index (χ2n) is 4.83. The lowest BCUT2D eigenvalue weighted by molar-refractivity contribution is -0.133. The van der Waals surface area contributed by atoms with E-state index >= 15 is 0 Å². The third-order valence-electron chi connectivity index (χ3n) is 3.41. The normalized spacial score (nSPS) is 21.1. The van der Waals surface area contributed by atoms with Gasteiger partial charge >= 0.3 is 0 Å². The molecule has 2 rings (SSSR count). The number of nitrogens with two attached hydrogens (primary N) is 1. The largest absolute Gasteiger partial charge is 0.336 e. The lowest BCUT2D eigenvalue weighted by Gasteiger charge is -2.34. The molecular formula is C13H20N2OS. The van der Waals surface area contributed by atoms with Gasteiger partial charge in [-0.2, -0.15) is 0 Å². The summed E-state index contributed by atoms with van der Waals surface area (Å²) >= 11 is 1.80. The van der Waals surface area contributed by atoms with Crippen LogP contribution >= 0.6 is 11.3 Å². The number of rotatable bonds is 3. The van der Waals surface area contributed by atoms with Crippen molar-refractivity contribution in [3.63, 3.8) is 0 Å². The van der Waals surface area contributed by atoms with Crippen molar-refractivity contribution in [1.29, 1.82) is 0 Å². The standard InChI is InChI=1S/C13H20N2OS/c1-9(14)3-4-13(16)15-7-5-12-11(10(15)2)6-8-17-12/h6,8-10H,3-5,7,14H2,1-2H3. The third-order valence-corrected chi connectivity index (χ3v) is 4.41. The zero-order valence-electron chi connectivity index (χ0n) is 10.5. The van der Waals surface area contributed by atoms with Crippen molar-refractivity contribution in [2.24, 2.45) is 5.73 Å². The molecule has 3 nitrogen and oxygen atoms in total. The van der Waals surface area contributed by atoms with Gasteiger partial charge in [0.2, 0.25) is 5.91 Å². The first-order valence-corrected chi connectivity index (χ1v) is 7.09. The Morgan fingerprint density at radius 1 is 1.71 bits per heavy atom. The fourth-order valence-corrected chi connectivity index (χ4v) is 3.31. The van der Waals surface area contributed by atoms with Crippen LogP contribution in [-0.4, -0.2) is 23.4 Å². The van der Waals surface area contributed by atoms with Crippen molar-refractivity contribution in [3.05, 3.63) is 21.9 Å². The van der Waals surface area contributed by atoms with Crippen molar-refractivity contribution < 1.29 is 4.79 Å². The van der Waals surface area contributed by atoms with Gasteiger partial charge in [0.15, 0.2) is 0 Å². The van der Waals surface area contributed by atoms with E-state index in [4.69, 9.17) is 5.73 Å². The molecule has 2 unspecified atom stereocenters. The lowest BCUT2D eigenvalue weighted by atomic mass is 10.0. The predicted molar refractivity (Wildman–Crippen MR) is 71.0 cm³/mol. The number of thiophene rings is 1. The van der Waals surface area contributed by atoms with E-state index in [9.17, 15) is 4.79 Å². The molecule has 1 aromatic rings. The van der Waals surface area contributed by atoms with E-state index in [0.717, 1.165) is 19.4 Å². The van der Waals surface area contributed by atoms with Crippen LogP contribution in [0.15, 0.2) is 11.4 Å². The summed E-state index contributed by atoms with van der Waals surface area (Å²) in [5, 5.41) is 2.12. The first-order chi connectivity index (χ1) is 8.09. The van der Waals surface area contributed by atoms with Gasteiger partial charge in [0.05, 0.1) is 6.04 Å². The molecule has 0 saturated carbocycles. The van der Waals surface area contributed by atoms with Crippen molar-refractivity contribution in [2.75, 3.05) is 6.54 Å². The van der Waals surface area contributed by atoms with E-state index in [2.05, 4.69) is 18.4 Å². The summed E-state index contributed by atoms with van der Waals surface area (Å²) < 4.78 is 0. The van der Waals surface area contributed by atoms with Crippen LogP contribution in [-0.2, 0) is 11.2 Å². The highest BCUT2D eigenvalue weighted by molar-refractivity contribution is 7.10. The summed E-state index contributed by atoms with van der Waals surface area (Å²) in [7, 11) is 0. The zero-order chi connectivity index (χ0) is 12.4. The molecule has 0 aliphatic carbocycles. The minimum Gasteiger partial charge on any atom is -0.336 e. The second kappa shape index (κ2) is 5.19. The highest BCUT2D eigenvalue weighted by Crippen LogP contribution is 2.33. The first-order valence-electron chi connectivity index (χ1n) is 6.21. The van der Waals surface area contributed by atoms with E-state index in [1.54, 1.807) is 11.3 Å². The highest BCUT2D eigenvalue weighted by Gasteiger charge is 2.27. The molecule has 0 bridgehead atoms. The van der Waals surface area contributed by atoms with Crippen LogP contribution < -0.4 is 5.73 Å². The van der Waals surface area contributed by atoms with Gasteiger partial charge in [-0.15, -0.1) is 11.3 Å². The summed E-state index contributed by atoms with van der Waals surface area (Å²) in [6, 6.07) is 2.48. The van der Waals surface area contributed by atoms with Gasteiger partial charge in [-0.1, -0.05) is 0 Å². The smallest absolute Gasteiger partial charge is 0.223 e. The van der Waals surface area contributed by atoms with Crippen molar-refractivity contribution in [3.8, 4) is 0 Å². The summed E-state index contributed by atoms with van der Waals surface area (Å²) in [4.78, 5) is 15.6. The molecule has 1 amide bonds. The molecule has 0 radical (unpaired) electrons. The van der Waals surface area contributed by atoms with Gasteiger partial charge < -0.3 is 10.6 Å². The first kappa shape index (κ1) is 12.6. The van der Waals surface area contributed by atoms with Crippen LogP contribution in [0.3, 0.4) is 0 Å². The minimum atomic E-state index is 0.107. The molecule has 0 spiro atoms. The minimum absolute atomic E-state index is 0.107. The molecule has 94 valence electrons. The molecule has 1 aliphatic heterocycles. The van der Waals surface area contributed by atoms with E-state index in [0.29, 0.717) is 6.42 Å². The Balaban J connectivity index is 2.02. The molecule has 2 atom stereocenters. The monoisotopic (exact) mass is 252 g/mol. The summed E-state index contributed by atoms with van der Waals surface area (Å²) in [6.45, 7) is 4.92. The van der Waals surface area contributed by atoms with Crippen LogP contribution in [0.4, 0.5) is 0 Å². The predicted octanol–water partition coefficient (Wildman–Crippen LogP) is 2.32. The number of amides is 1. The summed E-state index contributed by atoms with van der Waals surface area (Å²) in [5.41, 5.74) is 7.02. The summed E-state index contributed by atoms with van der Waals surface area (Å²) in [6.07, 6.45) is 2.35. The molecule has 0 saturated heterocycles. The molecule has 2 N–H and O–H groups in total. The fourth-order valence-electron chi connectivity index (χ4n) is 2.34. The van der Waals surface area contributed by atoms with Crippen LogP contribution in [0.1, 0.15) is 43.2 Å². The van der Waals surface area contributed by atoms with Gasteiger partial charge in [0.25, 0.3) is 0 Å². The Kier molecular flexibility index (Phi) is 3.84. The molecule has 4 heteroatoms. The van der Waals surface area contributed by atoms with Gasteiger partial charge in [-0.25, -0.2) is 0 Å². The maximum atomic E-state index is 12.1. The Morgan fingerprint density at radius 2 is 2.47 bits per heavy atom. The maximum Gasteiger partial charge on any atom is 0.223 e. The lowest BCUT2D eigenvalue weighted by Crippen LogP contribution is -2.38. The number of carbonyl (C=O) groups excluding carboxylic acids is 1. The number of carbonyl (C=O) groups is 1. The highest BCUT2D eigenvalue weighted by atomic mass is 32.1. The number of fused-ring (bicyclic) bond motifs is 1. The van der Waals surface area contributed by atoms with Crippen molar-refractivity contribution in [2.45, 2.75) is 45.2 Å². The molecule has 0 fully saturated rings. The Labute approximate surface area is 107 Å². The quantitative estimate of drug-likeness (QED) is 0.897. The number of hydrogen-bond donors (Lipinski definition) is 1. The van der Waals surface area contributed by atoms with Crippen LogP contribution in [0, 0.1) is 0 Å². The Bertz CT molecular complexity index is 400. The molecule has 1 aromatic heterocycles. The van der Waals surface area contributed by atoms with Crippen molar-refractivity contribution >= 4 is 17.2 Å². The molecule has 2 heterocycles. The molecular weight excluding hydrogens is 232 g/mol. The SMILES string of the molecule is CC(N)CCC(=O)N1CCc2sccc2C1C. The van der Waals surface area contributed by atoms with Gasteiger partial charge in [-0.3, -0.25) is 4.79 Å². The number of nitrogens with zero attached hydrogens (tertiary/aromatic N) is 1. The second-order valence-corrected chi connectivity index (χ2v) is 5.83. The van der Waals surface area contributed by atoms with Crippen LogP contribution in [0.2, 0.25) is 0 Å². The average Bonchev–Trinajstić information content (AvgIpc) is 2.75. The Morgan fingerprint density at radius 3 is 3.18 bits per heavy atom. The van der Waals surface area contributed by atoms with E-state index in [-0.39, 0.29) is 18.0 Å². The molecule has 17 heavy (non-hydrogen) atoms. The molecule has 0 aromatic carbocycles. The fraction of sp³-hybridized carbons (Fsp3) is 0.615. The molecule has 1 aliphatic rings.